The van der Waals surface area contributed by atoms with E-state index in [9.17, 15) is 4.79 Å². The van der Waals surface area contributed by atoms with E-state index in [0.29, 0.717) is 6.42 Å². The Balaban J connectivity index is 2.42. The van der Waals surface area contributed by atoms with Gasteiger partial charge in [-0.3, -0.25) is 4.79 Å². The molecule has 0 heterocycles. The van der Waals surface area contributed by atoms with Crippen LogP contribution in [-0.4, -0.2) is 17.1 Å². The van der Waals surface area contributed by atoms with Crippen molar-refractivity contribution in [2.75, 3.05) is 0 Å². The largest absolute Gasteiger partial charge is 0.460 e. The van der Waals surface area contributed by atoms with Gasteiger partial charge in [-0.25, -0.2) is 0 Å². The minimum atomic E-state index is -0.401. The number of hydrogen-bond donors (Lipinski definition) is 1. The fraction of sp³-hybridized carbons (Fsp3) is 0.917. The molecule has 0 saturated heterocycles. The number of carbonyl (C=O) groups excluding carboxylic acids is 1. The molecule has 0 bridgehead atoms. The zero-order chi connectivity index (χ0) is 11.5. The first-order valence-corrected chi connectivity index (χ1v) is 5.82. The van der Waals surface area contributed by atoms with Crippen LogP contribution >= 0.6 is 0 Å². The van der Waals surface area contributed by atoms with E-state index >= 15 is 0 Å². The molecular weight excluding hydrogens is 190 g/mol. The topological polar surface area (TPSA) is 52.3 Å². The monoisotopic (exact) mass is 213 g/mol. The Morgan fingerprint density at radius 2 is 1.80 bits per heavy atom. The van der Waals surface area contributed by atoms with Crippen molar-refractivity contribution in [1.82, 2.24) is 0 Å². The Morgan fingerprint density at radius 3 is 2.27 bits per heavy atom. The standard InChI is InChI=1S/C12H23NO2/c1-11(2,3)15-10(14)9-12(13)7-5-4-6-8-12/h4-9,13H2,1-3H3. The smallest absolute Gasteiger partial charge is 0.308 e. The fourth-order valence-electron chi connectivity index (χ4n) is 2.10. The summed E-state index contributed by atoms with van der Waals surface area (Å²) in [6.45, 7) is 5.65. The maximum Gasteiger partial charge on any atom is 0.308 e. The maximum atomic E-state index is 11.6. The fourth-order valence-corrected chi connectivity index (χ4v) is 2.10. The molecule has 1 saturated carbocycles. The van der Waals surface area contributed by atoms with Gasteiger partial charge in [0, 0.05) is 5.54 Å². The molecule has 2 N–H and O–H groups in total. The first-order chi connectivity index (χ1) is 6.81. The quantitative estimate of drug-likeness (QED) is 0.716. The molecular formula is C12H23NO2. The van der Waals surface area contributed by atoms with E-state index in [2.05, 4.69) is 0 Å². The highest BCUT2D eigenvalue weighted by molar-refractivity contribution is 5.71. The van der Waals surface area contributed by atoms with Crippen LogP contribution < -0.4 is 5.73 Å². The summed E-state index contributed by atoms with van der Waals surface area (Å²) in [4.78, 5) is 11.6. The molecule has 1 aliphatic rings. The van der Waals surface area contributed by atoms with Crippen molar-refractivity contribution in [3.8, 4) is 0 Å². The predicted molar refractivity (Wildman–Crippen MR) is 60.5 cm³/mol. The van der Waals surface area contributed by atoms with Crippen LogP contribution in [0, 0.1) is 0 Å². The van der Waals surface area contributed by atoms with Crippen LogP contribution in [0.2, 0.25) is 0 Å². The van der Waals surface area contributed by atoms with Gasteiger partial charge in [0.25, 0.3) is 0 Å². The Bertz CT molecular complexity index is 224. The lowest BCUT2D eigenvalue weighted by Crippen LogP contribution is -2.44. The second kappa shape index (κ2) is 4.52. The summed E-state index contributed by atoms with van der Waals surface area (Å²) < 4.78 is 5.29. The van der Waals surface area contributed by atoms with Gasteiger partial charge in [-0.05, 0) is 33.6 Å². The van der Waals surface area contributed by atoms with Gasteiger partial charge < -0.3 is 10.5 Å². The average Bonchev–Trinajstić information content (AvgIpc) is 1.99. The van der Waals surface area contributed by atoms with E-state index in [1.165, 1.54) is 6.42 Å². The summed E-state index contributed by atoms with van der Waals surface area (Å²) in [5, 5.41) is 0. The lowest BCUT2D eigenvalue weighted by Gasteiger charge is -2.33. The molecule has 0 atom stereocenters. The Labute approximate surface area is 92.4 Å². The predicted octanol–water partition coefficient (Wildman–Crippen LogP) is 2.38. The van der Waals surface area contributed by atoms with Gasteiger partial charge in [0.15, 0.2) is 0 Å². The van der Waals surface area contributed by atoms with Crippen LogP contribution in [0.25, 0.3) is 0 Å². The van der Waals surface area contributed by atoms with E-state index < -0.39 is 5.60 Å². The molecule has 15 heavy (non-hydrogen) atoms. The van der Waals surface area contributed by atoms with Crippen molar-refractivity contribution in [2.45, 2.75) is 70.4 Å². The highest BCUT2D eigenvalue weighted by Crippen LogP contribution is 2.29. The van der Waals surface area contributed by atoms with Crippen LogP contribution in [0.3, 0.4) is 0 Å². The number of esters is 1. The van der Waals surface area contributed by atoms with Crippen LogP contribution in [0.1, 0.15) is 59.3 Å². The third-order valence-electron chi connectivity index (χ3n) is 2.77. The molecule has 3 heteroatoms. The van der Waals surface area contributed by atoms with Crippen LogP contribution in [0.5, 0.6) is 0 Å². The van der Waals surface area contributed by atoms with E-state index in [0.717, 1.165) is 25.7 Å². The summed E-state index contributed by atoms with van der Waals surface area (Å²) in [7, 11) is 0. The van der Waals surface area contributed by atoms with Crippen LogP contribution in [0.15, 0.2) is 0 Å². The van der Waals surface area contributed by atoms with Crippen molar-refractivity contribution in [2.24, 2.45) is 5.73 Å². The van der Waals surface area contributed by atoms with Gasteiger partial charge in [-0.15, -0.1) is 0 Å². The maximum absolute atomic E-state index is 11.6. The van der Waals surface area contributed by atoms with E-state index in [1.807, 2.05) is 20.8 Å². The SMILES string of the molecule is CC(C)(C)OC(=O)CC1(N)CCCCC1. The summed E-state index contributed by atoms with van der Waals surface area (Å²) in [6.07, 6.45) is 5.79. The minimum absolute atomic E-state index is 0.160. The molecule has 0 unspecified atom stereocenters. The first-order valence-electron chi connectivity index (χ1n) is 5.82. The minimum Gasteiger partial charge on any atom is -0.460 e. The number of ether oxygens (including phenoxy) is 1. The number of carbonyl (C=O) groups is 1. The van der Waals surface area contributed by atoms with Crippen molar-refractivity contribution < 1.29 is 9.53 Å². The molecule has 0 amide bonds. The van der Waals surface area contributed by atoms with Gasteiger partial charge >= 0.3 is 5.97 Å². The van der Waals surface area contributed by atoms with Gasteiger partial charge in [-0.2, -0.15) is 0 Å². The highest BCUT2D eigenvalue weighted by Gasteiger charge is 2.31. The van der Waals surface area contributed by atoms with E-state index in [-0.39, 0.29) is 11.5 Å². The second-order valence-electron chi connectivity index (χ2n) is 5.69. The summed E-state index contributed by atoms with van der Waals surface area (Å²) >= 11 is 0. The third kappa shape index (κ3) is 4.65. The molecule has 3 nitrogen and oxygen atoms in total. The summed E-state index contributed by atoms with van der Waals surface area (Å²) in [5.74, 6) is -0.160. The second-order valence-corrected chi connectivity index (χ2v) is 5.69. The van der Waals surface area contributed by atoms with Crippen molar-refractivity contribution in [1.29, 1.82) is 0 Å². The zero-order valence-electron chi connectivity index (χ0n) is 10.1. The lowest BCUT2D eigenvalue weighted by molar-refractivity contribution is -0.156. The van der Waals surface area contributed by atoms with Gasteiger partial charge in [0.1, 0.15) is 5.60 Å². The van der Waals surface area contributed by atoms with Gasteiger partial charge in [-0.1, -0.05) is 19.3 Å². The Morgan fingerprint density at radius 1 is 1.27 bits per heavy atom. The molecule has 1 fully saturated rings. The molecule has 0 spiro atoms. The molecule has 0 aromatic heterocycles. The zero-order valence-corrected chi connectivity index (χ0v) is 10.1. The number of hydrogen-bond acceptors (Lipinski definition) is 3. The molecule has 0 radical (unpaired) electrons. The van der Waals surface area contributed by atoms with E-state index in [1.54, 1.807) is 0 Å². The number of rotatable bonds is 2. The van der Waals surface area contributed by atoms with E-state index in [4.69, 9.17) is 10.5 Å². The molecule has 88 valence electrons. The van der Waals surface area contributed by atoms with Gasteiger partial charge in [0.2, 0.25) is 0 Å². The molecule has 0 aromatic carbocycles. The molecule has 0 aromatic rings. The van der Waals surface area contributed by atoms with Crippen LogP contribution in [0.4, 0.5) is 0 Å². The average molecular weight is 213 g/mol. The Kier molecular flexibility index (Phi) is 3.77. The third-order valence-corrected chi connectivity index (χ3v) is 2.77. The van der Waals surface area contributed by atoms with Crippen LogP contribution in [-0.2, 0) is 9.53 Å². The summed E-state index contributed by atoms with van der Waals surface area (Å²) in [5.41, 5.74) is 5.47. The Hall–Kier alpha value is -0.570. The highest BCUT2D eigenvalue weighted by atomic mass is 16.6. The number of nitrogens with two attached hydrogens (primary N) is 1. The normalized spacial score (nSPS) is 21.1. The van der Waals surface area contributed by atoms with Crippen molar-refractivity contribution in [3.63, 3.8) is 0 Å². The lowest BCUT2D eigenvalue weighted by atomic mass is 9.80. The first kappa shape index (κ1) is 12.5. The van der Waals surface area contributed by atoms with Crippen molar-refractivity contribution in [3.05, 3.63) is 0 Å². The molecule has 0 aliphatic heterocycles. The molecule has 1 aliphatic carbocycles. The summed E-state index contributed by atoms with van der Waals surface area (Å²) in [6, 6.07) is 0. The van der Waals surface area contributed by atoms with Crippen molar-refractivity contribution >= 4 is 5.97 Å². The van der Waals surface area contributed by atoms with Gasteiger partial charge in [0.05, 0.1) is 6.42 Å². The molecule has 1 rings (SSSR count).